The Morgan fingerprint density at radius 2 is 0.667 bits per heavy atom. The number of rotatable bonds is 5. The van der Waals surface area contributed by atoms with Crippen LogP contribution in [0, 0.1) is 0 Å². The predicted molar refractivity (Wildman–Crippen MR) is 170 cm³/mol. The fourth-order valence-corrected chi connectivity index (χ4v) is 5.83. The second kappa shape index (κ2) is 10.8. The Balaban J connectivity index is 1.36. The zero-order valence-electron chi connectivity index (χ0n) is 22.8. The molecule has 0 fully saturated rings. The first kappa shape index (κ1) is 25.4. The van der Waals surface area contributed by atoms with E-state index in [0.717, 1.165) is 44.5 Å². The van der Waals surface area contributed by atoms with Crippen LogP contribution < -0.4 is 0 Å². The zero-order chi connectivity index (χ0) is 28.5. The molecule has 0 bridgehead atoms. The van der Waals surface area contributed by atoms with Gasteiger partial charge in [-0.15, -0.1) is 0 Å². The summed E-state index contributed by atoms with van der Waals surface area (Å²) in [5, 5.41) is 0. The molecule has 42 heavy (non-hydrogen) atoms. The average molecular weight is 539 g/mol. The first-order chi connectivity index (χ1) is 20.7. The Kier molecular flexibility index (Phi) is 6.50. The van der Waals surface area contributed by atoms with E-state index in [9.17, 15) is 9.59 Å². The van der Waals surface area contributed by atoms with E-state index in [2.05, 4.69) is 97.1 Å². The van der Waals surface area contributed by atoms with Gasteiger partial charge in [0.15, 0.2) is 11.6 Å². The molecule has 6 aromatic carbocycles. The molecule has 2 nitrogen and oxygen atoms in total. The fourth-order valence-electron chi connectivity index (χ4n) is 5.83. The van der Waals surface area contributed by atoms with Gasteiger partial charge in [0, 0.05) is 22.3 Å². The normalized spacial score (nSPS) is 11.9. The maximum Gasteiger partial charge on any atom is 0.194 e. The lowest BCUT2D eigenvalue weighted by molar-refractivity contribution is 0.0979. The van der Waals surface area contributed by atoms with Crippen LogP contribution in [0.2, 0.25) is 0 Å². The lowest BCUT2D eigenvalue weighted by atomic mass is 9.82. The second-order valence-electron chi connectivity index (χ2n) is 10.4. The van der Waals surface area contributed by atoms with Crippen LogP contribution in [0.3, 0.4) is 0 Å². The van der Waals surface area contributed by atoms with E-state index >= 15 is 0 Å². The number of ketones is 2. The molecule has 1 aliphatic rings. The lowest BCUT2D eigenvalue weighted by Gasteiger charge is -2.19. The van der Waals surface area contributed by atoms with Crippen LogP contribution >= 0.6 is 0 Å². The summed E-state index contributed by atoms with van der Waals surface area (Å²) in [7, 11) is 0. The number of hydrogen-bond acceptors (Lipinski definition) is 2. The SMILES string of the molecule is O=C1c2ccccc2C(=O)c2cc(-c3ccc(C(=C(c4ccccc4)c4ccccc4)c4ccccc4)cc3)ccc21. The summed E-state index contributed by atoms with van der Waals surface area (Å²) in [5.74, 6) is -0.211. The third-order valence-electron chi connectivity index (χ3n) is 7.87. The van der Waals surface area contributed by atoms with Gasteiger partial charge in [0.2, 0.25) is 0 Å². The number of benzene rings is 6. The summed E-state index contributed by atoms with van der Waals surface area (Å²) < 4.78 is 0. The minimum absolute atomic E-state index is 0.103. The molecule has 198 valence electrons. The van der Waals surface area contributed by atoms with Crippen molar-refractivity contribution >= 4 is 22.7 Å². The summed E-state index contributed by atoms with van der Waals surface area (Å²) in [4.78, 5) is 26.4. The molecular formula is C40H26O2. The van der Waals surface area contributed by atoms with Crippen LogP contribution in [0.1, 0.15) is 54.1 Å². The van der Waals surface area contributed by atoms with Crippen LogP contribution in [0.4, 0.5) is 0 Å². The molecule has 0 amide bonds. The smallest absolute Gasteiger partial charge is 0.194 e. The molecule has 0 atom stereocenters. The van der Waals surface area contributed by atoms with Gasteiger partial charge in [0.1, 0.15) is 0 Å². The number of fused-ring (bicyclic) bond motifs is 2. The van der Waals surface area contributed by atoms with Gasteiger partial charge in [-0.25, -0.2) is 0 Å². The van der Waals surface area contributed by atoms with Crippen molar-refractivity contribution in [2.75, 3.05) is 0 Å². The summed E-state index contributed by atoms with van der Waals surface area (Å²) in [6.45, 7) is 0. The van der Waals surface area contributed by atoms with Crippen molar-refractivity contribution in [2.24, 2.45) is 0 Å². The quantitative estimate of drug-likeness (QED) is 0.205. The summed E-state index contributed by atoms with van der Waals surface area (Å²) in [5.41, 5.74) is 10.5. The highest BCUT2D eigenvalue weighted by Crippen LogP contribution is 2.38. The molecular weight excluding hydrogens is 512 g/mol. The van der Waals surface area contributed by atoms with Gasteiger partial charge in [-0.2, -0.15) is 0 Å². The first-order valence-corrected chi connectivity index (χ1v) is 14.0. The van der Waals surface area contributed by atoms with Crippen molar-refractivity contribution in [1.29, 1.82) is 0 Å². The van der Waals surface area contributed by atoms with Crippen LogP contribution in [0.15, 0.2) is 158 Å². The zero-order valence-corrected chi connectivity index (χ0v) is 22.8. The van der Waals surface area contributed by atoms with Gasteiger partial charge in [-0.3, -0.25) is 9.59 Å². The van der Waals surface area contributed by atoms with Gasteiger partial charge in [0.05, 0.1) is 0 Å². The summed E-state index contributed by atoms with van der Waals surface area (Å²) in [6.07, 6.45) is 0. The molecule has 6 aromatic rings. The Bertz CT molecular complexity index is 1930. The number of hydrogen-bond donors (Lipinski definition) is 0. The van der Waals surface area contributed by atoms with E-state index in [1.807, 2.05) is 30.3 Å². The molecule has 1 aliphatic carbocycles. The van der Waals surface area contributed by atoms with Gasteiger partial charge in [0.25, 0.3) is 0 Å². The molecule has 7 rings (SSSR count). The maximum absolute atomic E-state index is 13.3. The average Bonchev–Trinajstić information content (AvgIpc) is 3.07. The molecule has 0 aliphatic heterocycles. The Morgan fingerprint density at radius 3 is 1.14 bits per heavy atom. The maximum atomic E-state index is 13.3. The minimum atomic E-state index is -0.108. The van der Waals surface area contributed by atoms with Crippen LogP contribution in [0.5, 0.6) is 0 Å². The van der Waals surface area contributed by atoms with Gasteiger partial charge >= 0.3 is 0 Å². The van der Waals surface area contributed by atoms with E-state index in [0.29, 0.717) is 22.3 Å². The Morgan fingerprint density at radius 1 is 0.310 bits per heavy atom. The van der Waals surface area contributed by atoms with Gasteiger partial charge in [-0.05, 0) is 56.7 Å². The van der Waals surface area contributed by atoms with Gasteiger partial charge in [-0.1, -0.05) is 146 Å². The van der Waals surface area contributed by atoms with Crippen LogP contribution in [-0.4, -0.2) is 11.6 Å². The molecule has 0 spiro atoms. The number of carbonyl (C=O) groups is 2. The highest BCUT2D eigenvalue weighted by atomic mass is 16.1. The lowest BCUT2D eigenvalue weighted by Crippen LogP contribution is -2.20. The first-order valence-electron chi connectivity index (χ1n) is 14.0. The van der Waals surface area contributed by atoms with Crippen molar-refractivity contribution in [2.45, 2.75) is 0 Å². The minimum Gasteiger partial charge on any atom is -0.289 e. The molecule has 0 saturated heterocycles. The highest BCUT2D eigenvalue weighted by Gasteiger charge is 2.29. The Labute approximate surface area is 245 Å². The van der Waals surface area contributed by atoms with E-state index in [1.165, 1.54) is 0 Å². The van der Waals surface area contributed by atoms with Crippen LogP contribution in [-0.2, 0) is 0 Å². The summed E-state index contributed by atoms with van der Waals surface area (Å²) in [6, 6.07) is 52.6. The molecule has 0 saturated carbocycles. The molecule has 0 radical (unpaired) electrons. The van der Waals surface area contributed by atoms with E-state index in [4.69, 9.17) is 0 Å². The van der Waals surface area contributed by atoms with E-state index in [-0.39, 0.29) is 11.6 Å². The molecule has 2 heteroatoms. The van der Waals surface area contributed by atoms with Crippen molar-refractivity contribution in [1.82, 2.24) is 0 Å². The second-order valence-corrected chi connectivity index (χ2v) is 10.4. The molecule has 0 unspecified atom stereocenters. The van der Waals surface area contributed by atoms with Crippen molar-refractivity contribution < 1.29 is 9.59 Å². The third-order valence-corrected chi connectivity index (χ3v) is 7.87. The van der Waals surface area contributed by atoms with E-state index in [1.54, 1.807) is 30.3 Å². The number of carbonyl (C=O) groups excluding carboxylic acids is 2. The van der Waals surface area contributed by atoms with Crippen molar-refractivity contribution in [3.8, 4) is 11.1 Å². The monoisotopic (exact) mass is 538 g/mol. The van der Waals surface area contributed by atoms with Crippen molar-refractivity contribution in [3.63, 3.8) is 0 Å². The fraction of sp³-hybridized carbons (Fsp3) is 0. The molecule has 0 aromatic heterocycles. The summed E-state index contributed by atoms with van der Waals surface area (Å²) >= 11 is 0. The third kappa shape index (κ3) is 4.49. The predicted octanol–water partition coefficient (Wildman–Crippen LogP) is 9.14. The molecule has 0 heterocycles. The largest absolute Gasteiger partial charge is 0.289 e. The Hall–Kier alpha value is -5.60. The molecule has 0 N–H and O–H groups in total. The van der Waals surface area contributed by atoms with E-state index < -0.39 is 0 Å². The standard InChI is InChI=1S/C40H26O2/c41-39-33-18-10-11-19-34(33)40(42)36-26-32(24-25-35(36)39)27-20-22-31(23-21-27)38(30-16-8-3-9-17-30)37(28-12-4-1-5-13-28)29-14-6-2-7-15-29/h1-26H. The van der Waals surface area contributed by atoms with Crippen molar-refractivity contribution in [3.05, 3.63) is 202 Å². The van der Waals surface area contributed by atoms with Crippen LogP contribution in [0.25, 0.3) is 22.3 Å². The van der Waals surface area contributed by atoms with Gasteiger partial charge < -0.3 is 0 Å². The topological polar surface area (TPSA) is 34.1 Å². The highest BCUT2D eigenvalue weighted by molar-refractivity contribution is 6.28.